The number of rotatable bonds is 3. The highest BCUT2D eigenvalue weighted by Crippen LogP contribution is 2.14. The molecule has 1 rings (SSSR count). The van der Waals surface area contributed by atoms with Crippen LogP contribution >= 0.6 is 0 Å². The van der Waals surface area contributed by atoms with Crippen LogP contribution in [0.5, 0.6) is 0 Å². The van der Waals surface area contributed by atoms with Crippen LogP contribution in [0.2, 0.25) is 0 Å². The monoisotopic (exact) mass is 148 g/mol. The molecule has 0 spiro atoms. The van der Waals surface area contributed by atoms with E-state index in [9.17, 15) is 0 Å². The van der Waals surface area contributed by atoms with Crippen molar-refractivity contribution in [2.24, 2.45) is 0 Å². The van der Waals surface area contributed by atoms with Crippen LogP contribution in [-0.2, 0) is 0 Å². The van der Waals surface area contributed by atoms with E-state index in [0.29, 0.717) is 12.5 Å². The predicted octanol–water partition coefficient (Wildman–Crippen LogP) is 2.35. The van der Waals surface area contributed by atoms with Crippen LogP contribution in [0.15, 0.2) is 24.5 Å². The van der Waals surface area contributed by atoms with Gasteiger partial charge in [0.1, 0.15) is 0 Å². The average molecular weight is 148 g/mol. The molecule has 1 aromatic rings. The van der Waals surface area contributed by atoms with Crippen molar-refractivity contribution in [3.8, 4) is 6.07 Å². The molecular formula is C9H12N2. The van der Waals surface area contributed by atoms with Gasteiger partial charge in [0.15, 0.2) is 0 Å². The fourth-order valence-corrected chi connectivity index (χ4v) is 1.16. The molecule has 0 saturated carbocycles. The van der Waals surface area contributed by atoms with Crippen molar-refractivity contribution in [2.75, 3.05) is 0 Å². The fraction of sp³-hybridized carbons (Fsp3) is 0.444. The summed E-state index contributed by atoms with van der Waals surface area (Å²) < 4.78 is 2.09. The van der Waals surface area contributed by atoms with Gasteiger partial charge in [-0.25, -0.2) is 0 Å². The SMILES string of the molecule is CCC(CC#N)n1cccc1. The summed E-state index contributed by atoms with van der Waals surface area (Å²) >= 11 is 0. The molecule has 0 N–H and O–H groups in total. The van der Waals surface area contributed by atoms with Crippen LogP contribution in [0.3, 0.4) is 0 Å². The molecule has 0 radical (unpaired) electrons. The number of hydrogen-bond donors (Lipinski definition) is 0. The van der Waals surface area contributed by atoms with Gasteiger partial charge in [0.2, 0.25) is 0 Å². The van der Waals surface area contributed by atoms with Crippen LogP contribution < -0.4 is 0 Å². The topological polar surface area (TPSA) is 28.7 Å². The Morgan fingerprint density at radius 1 is 1.45 bits per heavy atom. The second kappa shape index (κ2) is 3.82. The molecule has 0 aliphatic carbocycles. The summed E-state index contributed by atoms with van der Waals surface area (Å²) in [4.78, 5) is 0. The second-order valence-corrected chi connectivity index (χ2v) is 2.55. The van der Waals surface area contributed by atoms with E-state index in [1.807, 2.05) is 24.5 Å². The van der Waals surface area contributed by atoms with Gasteiger partial charge in [0.05, 0.1) is 12.5 Å². The molecule has 0 fully saturated rings. The van der Waals surface area contributed by atoms with Crippen molar-refractivity contribution in [3.05, 3.63) is 24.5 Å². The third-order valence-corrected chi connectivity index (χ3v) is 1.85. The Hall–Kier alpha value is -1.23. The first-order valence-corrected chi connectivity index (χ1v) is 3.88. The minimum Gasteiger partial charge on any atom is -0.350 e. The zero-order valence-corrected chi connectivity index (χ0v) is 6.70. The molecule has 2 nitrogen and oxygen atoms in total. The van der Waals surface area contributed by atoms with Crippen molar-refractivity contribution in [3.63, 3.8) is 0 Å². The molecule has 1 heterocycles. The van der Waals surface area contributed by atoms with Gasteiger partial charge >= 0.3 is 0 Å². The van der Waals surface area contributed by atoms with Crippen LogP contribution in [0.4, 0.5) is 0 Å². The highest BCUT2D eigenvalue weighted by molar-refractivity contribution is 4.94. The minimum absolute atomic E-state index is 0.356. The van der Waals surface area contributed by atoms with E-state index in [0.717, 1.165) is 6.42 Å². The van der Waals surface area contributed by atoms with E-state index in [1.165, 1.54) is 0 Å². The van der Waals surface area contributed by atoms with E-state index in [4.69, 9.17) is 5.26 Å². The van der Waals surface area contributed by atoms with E-state index >= 15 is 0 Å². The minimum atomic E-state index is 0.356. The molecule has 1 aromatic heterocycles. The van der Waals surface area contributed by atoms with Crippen molar-refractivity contribution in [1.29, 1.82) is 5.26 Å². The molecule has 0 aliphatic heterocycles. The summed E-state index contributed by atoms with van der Waals surface area (Å²) in [6.07, 6.45) is 5.63. The Balaban J connectivity index is 2.65. The summed E-state index contributed by atoms with van der Waals surface area (Å²) in [7, 11) is 0. The van der Waals surface area contributed by atoms with Gasteiger partial charge in [0.25, 0.3) is 0 Å². The number of nitriles is 1. The third kappa shape index (κ3) is 1.84. The van der Waals surface area contributed by atoms with E-state index < -0.39 is 0 Å². The molecule has 58 valence electrons. The Kier molecular flexibility index (Phi) is 2.74. The smallest absolute Gasteiger partial charge is 0.0643 e. The molecular weight excluding hydrogens is 136 g/mol. The van der Waals surface area contributed by atoms with E-state index in [2.05, 4.69) is 17.6 Å². The van der Waals surface area contributed by atoms with Crippen LogP contribution in [0.1, 0.15) is 25.8 Å². The average Bonchev–Trinajstić information content (AvgIpc) is 2.52. The lowest BCUT2D eigenvalue weighted by Gasteiger charge is -2.12. The number of hydrogen-bond acceptors (Lipinski definition) is 1. The summed E-state index contributed by atoms with van der Waals surface area (Å²) in [6.45, 7) is 2.10. The largest absolute Gasteiger partial charge is 0.350 e. The molecule has 11 heavy (non-hydrogen) atoms. The Labute approximate surface area is 67.1 Å². The fourth-order valence-electron chi connectivity index (χ4n) is 1.16. The lowest BCUT2D eigenvalue weighted by atomic mass is 10.2. The molecule has 0 saturated heterocycles. The van der Waals surface area contributed by atoms with E-state index in [1.54, 1.807) is 0 Å². The van der Waals surface area contributed by atoms with Crippen LogP contribution in [0, 0.1) is 11.3 Å². The predicted molar refractivity (Wildman–Crippen MR) is 44.0 cm³/mol. The highest BCUT2D eigenvalue weighted by atomic mass is 15.0. The highest BCUT2D eigenvalue weighted by Gasteiger charge is 2.04. The third-order valence-electron chi connectivity index (χ3n) is 1.85. The molecule has 0 amide bonds. The lowest BCUT2D eigenvalue weighted by Crippen LogP contribution is -2.03. The van der Waals surface area contributed by atoms with Crippen molar-refractivity contribution in [2.45, 2.75) is 25.8 Å². The Bertz CT molecular complexity index is 231. The zero-order chi connectivity index (χ0) is 8.10. The number of aromatic nitrogens is 1. The first-order chi connectivity index (χ1) is 5.38. The molecule has 0 aliphatic rings. The Morgan fingerprint density at radius 3 is 2.55 bits per heavy atom. The first kappa shape index (κ1) is 7.87. The maximum atomic E-state index is 8.50. The van der Waals surface area contributed by atoms with Gasteiger partial charge in [-0.2, -0.15) is 5.26 Å². The second-order valence-electron chi connectivity index (χ2n) is 2.55. The van der Waals surface area contributed by atoms with Crippen LogP contribution in [0.25, 0.3) is 0 Å². The standard InChI is InChI=1S/C9H12N2/c1-2-9(5-6-10)11-7-3-4-8-11/h3-4,7-9H,2,5H2,1H3. The van der Waals surface area contributed by atoms with Crippen LogP contribution in [-0.4, -0.2) is 4.57 Å². The molecule has 1 unspecified atom stereocenters. The lowest BCUT2D eigenvalue weighted by molar-refractivity contribution is 0.498. The zero-order valence-electron chi connectivity index (χ0n) is 6.70. The summed E-state index contributed by atoms with van der Waals surface area (Å²) in [6, 6.07) is 6.51. The molecule has 0 bridgehead atoms. The van der Waals surface area contributed by atoms with Gasteiger partial charge in [-0.15, -0.1) is 0 Å². The van der Waals surface area contributed by atoms with Gasteiger partial charge in [-0.3, -0.25) is 0 Å². The quantitative estimate of drug-likeness (QED) is 0.646. The normalized spacial score (nSPS) is 12.4. The maximum absolute atomic E-state index is 8.50. The number of nitrogens with zero attached hydrogens (tertiary/aromatic N) is 2. The van der Waals surface area contributed by atoms with Gasteiger partial charge in [0, 0.05) is 18.4 Å². The van der Waals surface area contributed by atoms with Crippen molar-refractivity contribution < 1.29 is 0 Å². The Morgan fingerprint density at radius 2 is 2.09 bits per heavy atom. The maximum Gasteiger partial charge on any atom is 0.0643 e. The van der Waals surface area contributed by atoms with Crippen molar-refractivity contribution >= 4 is 0 Å². The summed E-state index contributed by atoms with van der Waals surface area (Å²) in [5.41, 5.74) is 0. The van der Waals surface area contributed by atoms with Gasteiger partial charge in [-0.1, -0.05) is 6.92 Å². The van der Waals surface area contributed by atoms with E-state index in [-0.39, 0.29) is 0 Å². The summed E-state index contributed by atoms with van der Waals surface area (Å²) in [5.74, 6) is 0. The first-order valence-electron chi connectivity index (χ1n) is 3.88. The van der Waals surface area contributed by atoms with Gasteiger partial charge in [-0.05, 0) is 18.6 Å². The summed E-state index contributed by atoms with van der Waals surface area (Å²) in [5, 5.41) is 8.50. The van der Waals surface area contributed by atoms with Gasteiger partial charge < -0.3 is 4.57 Å². The van der Waals surface area contributed by atoms with Crippen molar-refractivity contribution in [1.82, 2.24) is 4.57 Å². The molecule has 2 heteroatoms. The molecule has 1 atom stereocenters. The molecule has 0 aromatic carbocycles.